The molecule has 8 atom stereocenters. The van der Waals surface area contributed by atoms with Crippen molar-refractivity contribution in [2.24, 2.45) is 0 Å². The smallest absolute Gasteiger partial charge is 0.407 e. The number of aromatic nitrogens is 2. The van der Waals surface area contributed by atoms with Gasteiger partial charge in [0.2, 0.25) is 12.2 Å². The minimum Gasteiger partial charge on any atom is -0.479 e. The predicted molar refractivity (Wildman–Crippen MR) is 258 cm³/mol. The number of benzene rings is 2. The summed E-state index contributed by atoms with van der Waals surface area (Å²) in [5.74, 6) is -1.90. The summed E-state index contributed by atoms with van der Waals surface area (Å²) < 4.78 is 44.5. The molecule has 1 aliphatic carbocycles. The Balaban J connectivity index is 0.994. The van der Waals surface area contributed by atoms with E-state index < -0.39 is 90.2 Å². The van der Waals surface area contributed by atoms with Gasteiger partial charge in [-0.05, 0) is 86.4 Å². The number of fused-ring (bicyclic) bond motifs is 5. The van der Waals surface area contributed by atoms with Crippen LogP contribution in [0.5, 0.6) is 5.75 Å². The highest BCUT2D eigenvalue weighted by molar-refractivity contribution is 5.97. The number of carbonyl (C=O) groups excluding carboxylic acids is 4. The summed E-state index contributed by atoms with van der Waals surface area (Å²) >= 11 is 0. The Labute approximate surface area is 423 Å². The van der Waals surface area contributed by atoms with Crippen LogP contribution in [-0.2, 0) is 65.1 Å². The first-order valence-electron chi connectivity index (χ1n) is 24.4. The van der Waals surface area contributed by atoms with E-state index in [9.17, 15) is 54.3 Å². The van der Waals surface area contributed by atoms with Gasteiger partial charge >= 0.3 is 18.0 Å². The lowest BCUT2D eigenvalue weighted by molar-refractivity contribution is -0.271. The number of cyclic esters (lactones) is 1. The van der Waals surface area contributed by atoms with E-state index in [2.05, 4.69) is 21.9 Å². The van der Waals surface area contributed by atoms with E-state index in [4.69, 9.17) is 35.1 Å². The Morgan fingerprint density at radius 3 is 2.54 bits per heavy atom. The maximum atomic E-state index is 15.5. The number of carboxylic acid groups (broad SMARTS) is 1. The van der Waals surface area contributed by atoms with E-state index in [-0.39, 0.29) is 78.9 Å². The number of unbranched alkanes of at least 4 members (excludes halogenated alkanes) is 3. The van der Waals surface area contributed by atoms with Crippen LogP contribution in [0.4, 0.5) is 9.18 Å². The van der Waals surface area contributed by atoms with E-state index in [1.807, 2.05) is 6.92 Å². The number of aliphatic hydroxyl groups excluding tert-OH is 3. The fourth-order valence-corrected chi connectivity index (χ4v) is 9.91. The van der Waals surface area contributed by atoms with Gasteiger partial charge in [-0.1, -0.05) is 25.8 Å². The Morgan fingerprint density at radius 2 is 1.80 bits per heavy atom. The summed E-state index contributed by atoms with van der Waals surface area (Å²) in [6.07, 6.45) is -0.860. The summed E-state index contributed by atoms with van der Waals surface area (Å²) in [6, 6.07) is 6.06. The molecule has 0 radical (unpaired) electrons. The molecular weight excluding hydrogens is 970 g/mol. The Bertz CT molecular complexity index is 2990. The summed E-state index contributed by atoms with van der Waals surface area (Å²) in [5.41, 5.74) is 0.776. The largest absolute Gasteiger partial charge is 0.479 e. The van der Waals surface area contributed by atoms with Crippen LogP contribution in [0.3, 0.4) is 0 Å². The third-order valence-electron chi connectivity index (χ3n) is 14.0. The van der Waals surface area contributed by atoms with E-state index in [0.717, 1.165) is 25.7 Å². The zero-order valence-electron chi connectivity index (χ0n) is 40.9. The molecule has 4 aromatic rings. The van der Waals surface area contributed by atoms with Crippen molar-refractivity contribution in [2.45, 2.75) is 140 Å². The number of halogens is 1. The van der Waals surface area contributed by atoms with Crippen LogP contribution in [0.1, 0.15) is 114 Å². The number of aliphatic hydroxyl groups is 4. The number of hydrogen-bond acceptors (Lipinski definition) is 16. The standard InChI is InChI=1S/C52H58FN5O16/c1-5-7-8-9-10-11-25(3)70-24-38(59)54-16-17-55-46(63)29-18-27(12-15-37(29)73-49-44(62)42(60)43(61)45(74-49)48(65)66)22-72-51(68)57-34-14-13-28-26(4)33(53)20-35-39(28)40(34)30-21-58-36(41(30)56-35)19-32-31(47(58)64)23-71-50(67)52(32,69)6-2/h1,12,15,18-20,25,34,42-45,49,60-62,69H,6-11,13-14,16-17,21-24H2,2-4H3,(H,54,59)(H,55,63)(H,57,68)(H,65,66)/t25?,34-,42-,43-,44+,45-,49+,52-/m0/s1. The molecular formula is C52H58FN5O16. The fourth-order valence-electron chi connectivity index (χ4n) is 9.91. The SMILES string of the molecule is C#CCCCCCC(C)OCC(=O)NCCNC(=O)c1cc(COC(=O)N[C@H]2CCc3c(C)c(F)cc4nc5c(c2c34)Cn2c-5cc3c(c2=O)COC(=O)[C@]3(O)CC)ccc1O[C@@H]1O[C@H](C(=O)O)[C@@H](O)[C@H](O)[C@H]1O. The highest BCUT2D eigenvalue weighted by Gasteiger charge is 2.49. The average Bonchev–Trinajstić information content (AvgIpc) is 3.75. The lowest BCUT2D eigenvalue weighted by Crippen LogP contribution is -2.61. The number of aliphatic carboxylic acids is 1. The molecule has 2 aromatic carbocycles. The molecule has 394 valence electrons. The van der Waals surface area contributed by atoms with Gasteiger partial charge in [-0.15, -0.1) is 12.3 Å². The van der Waals surface area contributed by atoms with Gasteiger partial charge in [-0.3, -0.25) is 14.4 Å². The van der Waals surface area contributed by atoms with Gasteiger partial charge in [0.1, 0.15) is 49.7 Å². The van der Waals surface area contributed by atoms with Crippen LogP contribution in [0.2, 0.25) is 0 Å². The van der Waals surface area contributed by atoms with Gasteiger partial charge in [-0.25, -0.2) is 23.8 Å². The Hall–Kier alpha value is -7.00. The first-order chi connectivity index (χ1) is 35.4. The summed E-state index contributed by atoms with van der Waals surface area (Å²) in [6.45, 7) is 4.02. The molecule has 1 fully saturated rings. The van der Waals surface area contributed by atoms with Gasteiger partial charge in [0.05, 0.1) is 46.7 Å². The highest BCUT2D eigenvalue weighted by Crippen LogP contribution is 2.46. The number of carbonyl (C=O) groups is 5. The summed E-state index contributed by atoms with van der Waals surface area (Å²) in [7, 11) is 0. The molecule has 2 aromatic heterocycles. The molecule has 3 aliphatic heterocycles. The van der Waals surface area contributed by atoms with E-state index in [1.54, 1.807) is 19.9 Å². The summed E-state index contributed by atoms with van der Waals surface area (Å²) in [5, 5.41) is 61.1. The zero-order chi connectivity index (χ0) is 53.2. The first-order valence-corrected chi connectivity index (χ1v) is 24.4. The number of nitrogens with zero attached hydrogens (tertiary/aromatic N) is 2. The quantitative estimate of drug-likeness (QED) is 0.0335. The third kappa shape index (κ3) is 10.5. The number of amides is 3. The lowest BCUT2D eigenvalue weighted by atomic mass is 9.81. The van der Waals surface area contributed by atoms with Gasteiger partial charge in [0.25, 0.3) is 11.5 Å². The number of esters is 1. The number of terminal acetylenes is 1. The molecule has 0 spiro atoms. The number of aryl methyl sites for hydroxylation is 1. The first kappa shape index (κ1) is 53.3. The van der Waals surface area contributed by atoms with Gasteiger partial charge < -0.3 is 69.7 Å². The van der Waals surface area contributed by atoms with E-state index >= 15 is 4.39 Å². The normalized spacial score (nSPS) is 22.8. The topological polar surface area (TPSA) is 304 Å². The Morgan fingerprint density at radius 1 is 1.03 bits per heavy atom. The molecule has 5 heterocycles. The van der Waals surface area contributed by atoms with Crippen molar-refractivity contribution in [3.63, 3.8) is 0 Å². The molecule has 8 N–H and O–H groups in total. The average molecular weight is 1030 g/mol. The van der Waals surface area contributed by atoms with Gasteiger partial charge in [-0.2, -0.15) is 0 Å². The number of rotatable bonds is 19. The number of carboxylic acids is 1. The molecule has 0 bridgehead atoms. The van der Waals surface area contributed by atoms with Crippen LogP contribution in [-0.4, -0.2) is 121 Å². The highest BCUT2D eigenvalue weighted by atomic mass is 19.1. The number of hydrogen-bond donors (Lipinski definition) is 8. The predicted octanol–water partition coefficient (Wildman–Crippen LogP) is 2.55. The third-order valence-corrected chi connectivity index (χ3v) is 14.0. The molecule has 74 heavy (non-hydrogen) atoms. The van der Waals surface area contributed by atoms with Gasteiger partial charge in [0, 0.05) is 42.1 Å². The second-order valence-electron chi connectivity index (χ2n) is 18.8. The lowest BCUT2D eigenvalue weighted by Gasteiger charge is -2.38. The molecule has 21 nitrogen and oxygen atoms in total. The maximum absolute atomic E-state index is 15.5. The molecule has 0 saturated carbocycles. The molecule has 8 rings (SSSR count). The van der Waals surface area contributed by atoms with Crippen molar-refractivity contribution in [3.05, 3.63) is 91.0 Å². The van der Waals surface area contributed by atoms with Crippen LogP contribution in [0.15, 0.2) is 35.1 Å². The monoisotopic (exact) mass is 1030 g/mol. The summed E-state index contributed by atoms with van der Waals surface area (Å²) in [4.78, 5) is 83.6. The van der Waals surface area contributed by atoms with Crippen LogP contribution in [0.25, 0.3) is 22.3 Å². The number of nitrogens with one attached hydrogen (secondary N) is 3. The minimum atomic E-state index is -2.08. The molecule has 4 aliphatic rings. The van der Waals surface area contributed by atoms with Gasteiger partial charge in [0.15, 0.2) is 11.7 Å². The molecule has 3 amide bonds. The fraction of sp³-hybridized carbons (Fsp3) is 0.481. The van der Waals surface area contributed by atoms with Crippen molar-refractivity contribution in [1.82, 2.24) is 25.5 Å². The number of ether oxygens (including phenoxy) is 5. The van der Waals surface area contributed by atoms with Crippen molar-refractivity contribution >= 4 is 40.7 Å². The molecule has 1 saturated heterocycles. The van der Waals surface area contributed by atoms with Crippen molar-refractivity contribution in [1.29, 1.82) is 0 Å². The van der Waals surface area contributed by atoms with Crippen LogP contribution in [0, 0.1) is 25.1 Å². The van der Waals surface area contributed by atoms with Crippen LogP contribution < -0.4 is 26.2 Å². The minimum absolute atomic E-state index is 0.00442. The Kier molecular flexibility index (Phi) is 16.0. The molecule has 22 heteroatoms. The number of pyridine rings is 2. The van der Waals surface area contributed by atoms with Crippen molar-refractivity contribution < 1.29 is 77.6 Å². The molecule has 1 unspecified atom stereocenters. The second-order valence-corrected chi connectivity index (χ2v) is 18.8. The maximum Gasteiger partial charge on any atom is 0.407 e. The van der Waals surface area contributed by atoms with Crippen molar-refractivity contribution in [3.8, 4) is 29.5 Å². The van der Waals surface area contributed by atoms with E-state index in [0.29, 0.717) is 58.3 Å². The number of alkyl carbamates (subject to hydrolysis) is 1. The van der Waals surface area contributed by atoms with Crippen LogP contribution >= 0.6 is 0 Å². The van der Waals surface area contributed by atoms with E-state index in [1.165, 1.54) is 28.8 Å². The van der Waals surface area contributed by atoms with Crippen molar-refractivity contribution in [2.75, 3.05) is 19.7 Å². The second kappa shape index (κ2) is 22.2. The zero-order valence-corrected chi connectivity index (χ0v) is 40.9.